The molecule has 1 fully saturated rings. The lowest BCUT2D eigenvalue weighted by molar-refractivity contribution is -0.125. The molecule has 0 unspecified atom stereocenters. The predicted molar refractivity (Wildman–Crippen MR) is 45.1 cm³/mol. The second kappa shape index (κ2) is 3.57. The summed E-state index contributed by atoms with van der Waals surface area (Å²) in [6, 6.07) is 2.44. The van der Waals surface area contributed by atoms with E-state index in [2.05, 4.69) is 11.4 Å². The van der Waals surface area contributed by atoms with Crippen molar-refractivity contribution in [3.05, 3.63) is 0 Å². The third-order valence-electron chi connectivity index (χ3n) is 2.19. The zero-order valence-corrected chi connectivity index (χ0v) is 7.50. The molecule has 3 heteroatoms. The topological polar surface area (TPSA) is 52.9 Å². The van der Waals surface area contributed by atoms with E-state index in [-0.39, 0.29) is 23.8 Å². The molecule has 0 aromatic carbocycles. The number of nitrogens with zero attached hydrogens (tertiary/aromatic N) is 1. The fourth-order valence-electron chi connectivity index (χ4n) is 1.21. The molecule has 0 saturated heterocycles. The number of rotatable bonds is 2. The maximum atomic E-state index is 11.1. The summed E-state index contributed by atoms with van der Waals surface area (Å²) < 4.78 is 0. The Balaban J connectivity index is 2.20. The molecule has 12 heavy (non-hydrogen) atoms. The monoisotopic (exact) mass is 166 g/mol. The molecule has 0 aliphatic heterocycles. The summed E-state index contributed by atoms with van der Waals surface area (Å²) in [7, 11) is 0. The molecule has 66 valence electrons. The van der Waals surface area contributed by atoms with Gasteiger partial charge in [0.1, 0.15) is 0 Å². The SMILES string of the molecule is CC(C)C(=O)NC1CC(C#N)C1. The maximum Gasteiger partial charge on any atom is 0.222 e. The molecule has 3 nitrogen and oxygen atoms in total. The first-order chi connectivity index (χ1) is 5.63. The standard InChI is InChI=1S/C9H14N2O/c1-6(2)9(12)11-8-3-7(4-8)5-10/h6-8H,3-4H2,1-2H3,(H,11,12). The zero-order chi connectivity index (χ0) is 9.14. The number of nitrogens with one attached hydrogen (secondary N) is 1. The Morgan fingerprint density at radius 1 is 1.58 bits per heavy atom. The van der Waals surface area contributed by atoms with Crippen molar-refractivity contribution >= 4 is 5.91 Å². The van der Waals surface area contributed by atoms with Gasteiger partial charge in [0.25, 0.3) is 0 Å². The molecule has 0 aromatic heterocycles. The minimum atomic E-state index is 0.0473. The van der Waals surface area contributed by atoms with Crippen LogP contribution in [-0.4, -0.2) is 11.9 Å². The zero-order valence-electron chi connectivity index (χ0n) is 7.50. The summed E-state index contributed by atoms with van der Waals surface area (Å²) in [5.41, 5.74) is 0. The van der Waals surface area contributed by atoms with Crippen molar-refractivity contribution in [2.24, 2.45) is 11.8 Å². The number of carbonyl (C=O) groups excluding carboxylic acids is 1. The Kier molecular flexibility index (Phi) is 2.69. The van der Waals surface area contributed by atoms with Crippen LogP contribution < -0.4 is 5.32 Å². The Labute approximate surface area is 72.8 Å². The Bertz CT molecular complexity index is 211. The number of hydrogen-bond donors (Lipinski definition) is 1. The molecule has 1 aliphatic carbocycles. The molecule has 0 spiro atoms. The van der Waals surface area contributed by atoms with Crippen molar-refractivity contribution in [2.45, 2.75) is 32.7 Å². The summed E-state index contributed by atoms with van der Waals surface area (Å²) in [5.74, 6) is 0.310. The highest BCUT2D eigenvalue weighted by molar-refractivity contribution is 5.78. The van der Waals surface area contributed by atoms with E-state index < -0.39 is 0 Å². The fraction of sp³-hybridized carbons (Fsp3) is 0.778. The first-order valence-electron chi connectivity index (χ1n) is 4.33. The summed E-state index contributed by atoms with van der Waals surface area (Å²) in [5, 5.41) is 11.4. The quantitative estimate of drug-likeness (QED) is 0.667. The second-order valence-corrected chi connectivity index (χ2v) is 3.66. The van der Waals surface area contributed by atoms with Gasteiger partial charge in [0.2, 0.25) is 5.91 Å². The molecular formula is C9H14N2O. The van der Waals surface area contributed by atoms with E-state index in [0.29, 0.717) is 0 Å². The van der Waals surface area contributed by atoms with E-state index in [0.717, 1.165) is 12.8 Å². The summed E-state index contributed by atoms with van der Waals surface area (Å²) >= 11 is 0. The van der Waals surface area contributed by atoms with Gasteiger partial charge in [-0.25, -0.2) is 0 Å². The van der Waals surface area contributed by atoms with E-state index in [4.69, 9.17) is 5.26 Å². The molecule has 1 saturated carbocycles. The van der Waals surface area contributed by atoms with Gasteiger partial charge in [-0.1, -0.05) is 13.8 Å². The average Bonchev–Trinajstić information content (AvgIpc) is 1.94. The van der Waals surface area contributed by atoms with Crippen LogP contribution in [0.5, 0.6) is 0 Å². The Morgan fingerprint density at radius 3 is 2.58 bits per heavy atom. The van der Waals surface area contributed by atoms with Gasteiger partial charge >= 0.3 is 0 Å². The molecule has 1 N–H and O–H groups in total. The van der Waals surface area contributed by atoms with Crippen LogP contribution in [0.4, 0.5) is 0 Å². The van der Waals surface area contributed by atoms with Crippen molar-refractivity contribution in [1.82, 2.24) is 5.32 Å². The van der Waals surface area contributed by atoms with E-state index in [1.165, 1.54) is 0 Å². The highest BCUT2D eigenvalue weighted by Gasteiger charge is 2.30. The highest BCUT2D eigenvalue weighted by atomic mass is 16.1. The first-order valence-corrected chi connectivity index (χ1v) is 4.33. The van der Waals surface area contributed by atoms with Crippen LogP contribution in [0.3, 0.4) is 0 Å². The van der Waals surface area contributed by atoms with Gasteiger partial charge in [-0.15, -0.1) is 0 Å². The van der Waals surface area contributed by atoms with Gasteiger partial charge < -0.3 is 5.32 Å². The lowest BCUT2D eigenvalue weighted by Gasteiger charge is -2.31. The minimum Gasteiger partial charge on any atom is -0.353 e. The summed E-state index contributed by atoms with van der Waals surface area (Å²) in [6.07, 6.45) is 1.66. The summed E-state index contributed by atoms with van der Waals surface area (Å²) in [4.78, 5) is 11.1. The number of nitriles is 1. The number of amides is 1. The van der Waals surface area contributed by atoms with E-state index >= 15 is 0 Å². The van der Waals surface area contributed by atoms with E-state index in [1.54, 1.807) is 0 Å². The summed E-state index contributed by atoms with van der Waals surface area (Å²) in [6.45, 7) is 3.74. The van der Waals surface area contributed by atoms with Gasteiger partial charge in [0, 0.05) is 12.0 Å². The lowest BCUT2D eigenvalue weighted by atomic mass is 9.81. The van der Waals surface area contributed by atoms with Crippen molar-refractivity contribution in [1.29, 1.82) is 5.26 Å². The molecule has 0 bridgehead atoms. The van der Waals surface area contributed by atoms with Crippen LogP contribution in [0.25, 0.3) is 0 Å². The number of carbonyl (C=O) groups is 1. The van der Waals surface area contributed by atoms with Crippen LogP contribution >= 0.6 is 0 Å². The molecule has 1 aliphatic rings. The Hall–Kier alpha value is -1.04. The van der Waals surface area contributed by atoms with E-state index in [9.17, 15) is 4.79 Å². The number of hydrogen-bond acceptors (Lipinski definition) is 2. The van der Waals surface area contributed by atoms with E-state index in [1.807, 2.05) is 13.8 Å². The highest BCUT2D eigenvalue weighted by Crippen LogP contribution is 2.26. The fourth-order valence-corrected chi connectivity index (χ4v) is 1.21. The third-order valence-corrected chi connectivity index (χ3v) is 2.19. The van der Waals surface area contributed by atoms with Crippen molar-refractivity contribution in [2.75, 3.05) is 0 Å². The average molecular weight is 166 g/mol. The van der Waals surface area contributed by atoms with Crippen molar-refractivity contribution in [3.63, 3.8) is 0 Å². The molecular weight excluding hydrogens is 152 g/mol. The lowest BCUT2D eigenvalue weighted by Crippen LogP contribution is -2.45. The van der Waals surface area contributed by atoms with Gasteiger partial charge in [0.05, 0.1) is 12.0 Å². The smallest absolute Gasteiger partial charge is 0.222 e. The predicted octanol–water partition coefficient (Wildman–Crippen LogP) is 1.06. The molecule has 0 atom stereocenters. The molecule has 1 rings (SSSR count). The van der Waals surface area contributed by atoms with Gasteiger partial charge in [-0.3, -0.25) is 4.79 Å². The Morgan fingerprint density at radius 2 is 2.17 bits per heavy atom. The van der Waals surface area contributed by atoms with Gasteiger partial charge in [-0.05, 0) is 12.8 Å². The maximum absolute atomic E-state index is 11.1. The second-order valence-electron chi connectivity index (χ2n) is 3.66. The molecule has 1 amide bonds. The van der Waals surface area contributed by atoms with Crippen LogP contribution in [-0.2, 0) is 4.79 Å². The van der Waals surface area contributed by atoms with Gasteiger partial charge in [-0.2, -0.15) is 5.26 Å². The van der Waals surface area contributed by atoms with Crippen LogP contribution in [0, 0.1) is 23.2 Å². The normalized spacial score (nSPS) is 27.5. The van der Waals surface area contributed by atoms with Crippen LogP contribution in [0.1, 0.15) is 26.7 Å². The van der Waals surface area contributed by atoms with Crippen LogP contribution in [0.15, 0.2) is 0 Å². The first kappa shape index (κ1) is 9.05. The largest absolute Gasteiger partial charge is 0.353 e. The van der Waals surface area contributed by atoms with Crippen LogP contribution in [0.2, 0.25) is 0 Å². The third kappa shape index (κ3) is 1.97. The molecule has 0 heterocycles. The molecule has 0 radical (unpaired) electrons. The van der Waals surface area contributed by atoms with Crippen molar-refractivity contribution in [3.8, 4) is 6.07 Å². The van der Waals surface area contributed by atoms with Gasteiger partial charge in [0.15, 0.2) is 0 Å². The molecule has 0 aromatic rings. The van der Waals surface area contributed by atoms with Crippen molar-refractivity contribution < 1.29 is 4.79 Å². The minimum absolute atomic E-state index is 0.0473.